The minimum atomic E-state index is -0.719. The van der Waals surface area contributed by atoms with Gasteiger partial charge in [-0.15, -0.1) is 0 Å². The van der Waals surface area contributed by atoms with Gasteiger partial charge < -0.3 is 14.7 Å². The van der Waals surface area contributed by atoms with Gasteiger partial charge in [-0.2, -0.15) is 0 Å². The van der Waals surface area contributed by atoms with E-state index in [1.54, 1.807) is 18.7 Å². The molecule has 1 N–H and O–H groups in total. The first-order valence-electron chi connectivity index (χ1n) is 4.50. The summed E-state index contributed by atoms with van der Waals surface area (Å²) in [7, 11) is 1.51. The van der Waals surface area contributed by atoms with E-state index in [-0.39, 0.29) is 5.91 Å². The van der Waals surface area contributed by atoms with Gasteiger partial charge in [-0.3, -0.25) is 4.79 Å². The standard InChI is InChI=1S/C9H17NO3/c1-7(13-3)8(11)10-5-4-9(2,12)6-10/h7,12H,4-6H2,1-3H3. The predicted octanol–water partition coefficient (Wildman–Crippen LogP) is 0.00460. The number of β-amino-alcohol motifs (C(OH)–C–C–N with tert-alkyl or cyclic N) is 1. The molecule has 1 aliphatic rings. The fourth-order valence-electron chi connectivity index (χ4n) is 1.49. The van der Waals surface area contributed by atoms with Crippen LogP contribution in [-0.2, 0) is 9.53 Å². The van der Waals surface area contributed by atoms with E-state index < -0.39 is 11.7 Å². The highest BCUT2D eigenvalue weighted by Gasteiger charge is 2.35. The molecule has 4 heteroatoms. The van der Waals surface area contributed by atoms with Crippen molar-refractivity contribution in [3.05, 3.63) is 0 Å². The summed E-state index contributed by atoms with van der Waals surface area (Å²) in [6.07, 6.45) is 0.240. The highest BCUT2D eigenvalue weighted by atomic mass is 16.5. The van der Waals surface area contributed by atoms with Crippen LogP contribution in [0.3, 0.4) is 0 Å². The van der Waals surface area contributed by atoms with Crippen molar-refractivity contribution in [3.8, 4) is 0 Å². The molecule has 0 bridgehead atoms. The van der Waals surface area contributed by atoms with E-state index in [4.69, 9.17) is 4.74 Å². The van der Waals surface area contributed by atoms with Crippen molar-refractivity contribution in [3.63, 3.8) is 0 Å². The summed E-state index contributed by atoms with van der Waals surface area (Å²) >= 11 is 0. The maximum Gasteiger partial charge on any atom is 0.251 e. The molecule has 2 unspecified atom stereocenters. The number of rotatable bonds is 2. The molecular weight excluding hydrogens is 170 g/mol. The highest BCUT2D eigenvalue weighted by Crippen LogP contribution is 2.20. The first-order valence-corrected chi connectivity index (χ1v) is 4.50. The molecule has 0 radical (unpaired) electrons. The Morgan fingerprint density at radius 1 is 1.69 bits per heavy atom. The highest BCUT2D eigenvalue weighted by molar-refractivity contribution is 5.80. The van der Waals surface area contributed by atoms with Crippen molar-refractivity contribution in [1.29, 1.82) is 0 Å². The molecule has 76 valence electrons. The van der Waals surface area contributed by atoms with Crippen molar-refractivity contribution >= 4 is 5.91 Å². The van der Waals surface area contributed by atoms with Crippen LogP contribution in [-0.4, -0.2) is 47.8 Å². The first kappa shape index (κ1) is 10.5. The lowest BCUT2D eigenvalue weighted by molar-refractivity contribution is -0.140. The summed E-state index contributed by atoms with van der Waals surface area (Å²) in [4.78, 5) is 13.2. The molecule has 0 aromatic carbocycles. The fourth-order valence-corrected chi connectivity index (χ4v) is 1.49. The van der Waals surface area contributed by atoms with Gasteiger partial charge in [-0.1, -0.05) is 0 Å². The van der Waals surface area contributed by atoms with Gasteiger partial charge >= 0.3 is 0 Å². The van der Waals surface area contributed by atoms with Gasteiger partial charge in [0.2, 0.25) is 0 Å². The summed E-state index contributed by atoms with van der Waals surface area (Å²) in [6.45, 7) is 4.51. The molecule has 2 atom stereocenters. The summed E-state index contributed by atoms with van der Waals surface area (Å²) in [5.41, 5.74) is -0.719. The Morgan fingerprint density at radius 3 is 2.69 bits per heavy atom. The summed E-state index contributed by atoms with van der Waals surface area (Å²) in [5.74, 6) is -0.0414. The van der Waals surface area contributed by atoms with E-state index >= 15 is 0 Å². The molecular formula is C9H17NO3. The summed E-state index contributed by atoms with van der Waals surface area (Å²) in [5, 5.41) is 9.63. The minimum absolute atomic E-state index is 0.0414. The molecule has 1 heterocycles. The van der Waals surface area contributed by atoms with Gasteiger partial charge in [-0.05, 0) is 20.3 Å². The van der Waals surface area contributed by atoms with Crippen LogP contribution in [0.15, 0.2) is 0 Å². The summed E-state index contributed by atoms with van der Waals surface area (Å²) < 4.78 is 4.92. The minimum Gasteiger partial charge on any atom is -0.388 e. The van der Waals surface area contributed by atoms with Crippen molar-refractivity contribution < 1.29 is 14.6 Å². The van der Waals surface area contributed by atoms with Crippen LogP contribution >= 0.6 is 0 Å². The van der Waals surface area contributed by atoms with Crippen molar-refractivity contribution in [2.24, 2.45) is 0 Å². The van der Waals surface area contributed by atoms with Crippen molar-refractivity contribution in [2.45, 2.75) is 32.0 Å². The average Bonchev–Trinajstić information content (AvgIpc) is 2.43. The number of likely N-dealkylation sites (tertiary alicyclic amines) is 1. The SMILES string of the molecule is COC(C)C(=O)N1CCC(C)(O)C1. The average molecular weight is 187 g/mol. The van der Waals surface area contributed by atoms with Gasteiger partial charge in [0.25, 0.3) is 5.91 Å². The Labute approximate surface area is 78.5 Å². The van der Waals surface area contributed by atoms with Gasteiger partial charge in [0, 0.05) is 20.2 Å². The second-order valence-electron chi connectivity index (χ2n) is 3.88. The lowest BCUT2D eigenvalue weighted by atomic mass is 10.1. The van der Waals surface area contributed by atoms with E-state index in [9.17, 15) is 9.90 Å². The third kappa shape index (κ3) is 2.42. The largest absolute Gasteiger partial charge is 0.388 e. The third-order valence-corrected chi connectivity index (χ3v) is 2.46. The van der Waals surface area contributed by atoms with Crippen LogP contribution in [0.25, 0.3) is 0 Å². The summed E-state index contributed by atoms with van der Waals surface area (Å²) in [6, 6.07) is 0. The van der Waals surface area contributed by atoms with Gasteiger partial charge in [-0.25, -0.2) is 0 Å². The number of nitrogens with zero attached hydrogens (tertiary/aromatic N) is 1. The molecule has 1 aliphatic heterocycles. The first-order chi connectivity index (χ1) is 5.96. The normalized spacial score (nSPS) is 30.6. The Kier molecular flexibility index (Phi) is 2.93. The maximum atomic E-state index is 11.6. The number of hydrogen-bond donors (Lipinski definition) is 1. The monoisotopic (exact) mass is 187 g/mol. The molecule has 4 nitrogen and oxygen atoms in total. The zero-order valence-electron chi connectivity index (χ0n) is 8.41. The van der Waals surface area contributed by atoms with Gasteiger partial charge in [0.1, 0.15) is 6.10 Å². The van der Waals surface area contributed by atoms with E-state index in [1.807, 2.05) is 0 Å². The van der Waals surface area contributed by atoms with Crippen LogP contribution in [0.4, 0.5) is 0 Å². The molecule has 1 saturated heterocycles. The van der Waals surface area contributed by atoms with E-state index in [0.29, 0.717) is 19.5 Å². The van der Waals surface area contributed by atoms with Crippen LogP contribution in [0.5, 0.6) is 0 Å². The van der Waals surface area contributed by atoms with E-state index in [0.717, 1.165) is 0 Å². The fraction of sp³-hybridized carbons (Fsp3) is 0.889. The molecule has 1 fully saturated rings. The number of methoxy groups -OCH3 is 1. The number of amides is 1. The van der Waals surface area contributed by atoms with E-state index in [1.165, 1.54) is 7.11 Å². The molecule has 1 rings (SSSR count). The van der Waals surface area contributed by atoms with Gasteiger partial charge in [0.05, 0.1) is 5.60 Å². The molecule has 0 saturated carbocycles. The van der Waals surface area contributed by atoms with Crippen LogP contribution < -0.4 is 0 Å². The van der Waals surface area contributed by atoms with E-state index in [2.05, 4.69) is 0 Å². The quantitative estimate of drug-likeness (QED) is 0.662. The van der Waals surface area contributed by atoms with Crippen molar-refractivity contribution in [1.82, 2.24) is 4.90 Å². The topological polar surface area (TPSA) is 49.8 Å². The second kappa shape index (κ2) is 3.64. The predicted molar refractivity (Wildman–Crippen MR) is 48.3 cm³/mol. The number of aliphatic hydroxyl groups is 1. The Morgan fingerprint density at radius 2 is 2.31 bits per heavy atom. The smallest absolute Gasteiger partial charge is 0.251 e. The molecule has 0 aliphatic carbocycles. The van der Waals surface area contributed by atoms with Gasteiger partial charge in [0.15, 0.2) is 0 Å². The number of carbonyl (C=O) groups is 1. The van der Waals surface area contributed by atoms with Crippen LogP contribution in [0.2, 0.25) is 0 Å². The van der Waals surface area contributed by atoms with Crippen LogP contribution in [0, 0.1) is 0 Å². The zero-order valence-corrected chi connectivity index (χ0v) is 8.41. The zero-order chi connectivity index (χ0) is 10.1. The lowest BCUT2D eigenvalue weighted by Crippen LogP contribution is -2.39. The Balaban J connectivity index is 2.51. The Bertz CT molecular complexity index is 203. The maximum absolute atomic E-state index is 11.6. The number of carbonyl (C=O) groups excluding carboxylic acids is 1. The Hall–Kier alpha value is -0.610. The van der Waals surface area contributed by atoms with Crippen LogP contribution in [0.1, 0.15) is 20.3 Å². The molecule has 13 heavy (non-hydrogen) atoms. The van der Waals surface area contributed by atoms with Crippen molar-refractivity contribution in [2.75, 3.05) is 20.2 Å². The molecule has 0 spiro atoms. The third-order valence-electron chi connectivity index (χ3n) is 2.46. The second-order valence-corrected chi connectivity index (χ2v) is 3.88. The molecule has 0 aromatic heterocycles. The number of ether oxygens (including phenoxy) is 1. The molecule has 1 amide bonds. The molecule has 0 aromatic rings. The number of hydrogen-bond acceptors (Lipinski definition) is 3. The lowest BCUT2D eigenvalue weighted by Gasteiger charge is -2.21.